The summed E-state index contributed by atoms with van der Waals surface area (Å²) in [6.07, 6.45) is 0. The number of carbonyl (C=O) groups excluding carboxylic acids is 1. The van der Waals surface area contributed by atoms with Crippen molar-refractivity contribution in [1.82, 2.24) is 14.8 Å². The van der Waals surface area contributed by atoms with Gasteiger partial charge in [0.2, 0.25) is 0 Å². The smallest absolute Gasteiger partial charge is 0.196 e. The topological polar surface area (TPSA) is 47.8 Å². The zero-order chi connectivity index (χ0) is 25.8. The van der Waals surface area contributed by atoms with E-state index in [1.54, 1.807) is 0 Å². The minimum atomic E-state index is 0.0586. The first kappa shape index (κ1) is 24.7. The summed E-state index contributed by atoms with van der Waals surface area (Å²) in [6.45, 7) is 6.61. The van der Waals surface area contributed by atoms with Crippen molar-refractivity contribution in [2.75, 3.05) is 5.75 Å². The maximum Gasteiger partial charge on any atom is 0.196 e. The molecule has 0 aliphatic carbocycles. The van der Waals surface area contributed by atoms with Crippen LogP contribution in [0.5, 0.6) is 0 Å². The first-order chi connectivity index (χ1) is 17.9. The summed E-state index contributed by atoms with van der Waals surface area (Å²) in [5.41, 5.74) is 6.21. The van der Waals surface area contributed by atoms with Gasteiger partial charge in [0, 0.05) is 16.8 Å². The summed E-state index contributed by atoms with van der Waals surface area (Å²) >= 11 is 1.41. The van der Waals surface area contributed by atoms with Crippen molar-refractivity contribution >= 4 is 17.5 Å². The number of ketones is 1. The maximum absolute atomic E-state index is 13.0. The van der Waals surface area contributed by atoms with Gasteiger partial charge >= 0.3 is 0 Å². The maximum atomic E-state index is 13.0. The lowest BCUT2D eigenvalue weighted by atomic mass is 9.87. The molecule has 5 rings (SSSR count). The number of hydrogen-bond donors (Lipinski definition) is 0. The van der Waals surface area contributed by atoms with Crippen LogP contribution in [0.15, 0.2) is 114 Å². The van der Waals surface area contributed by atoms with Crippen molar-refractivity contribution in [1.29, 1.82) is 0 Å². The molecule has 0 fully saturated rings. The molecule has 37 heavy (non-hydrogen) atoms. The number of aromatic nitrogens is 3. The molecule has 0 spiro atoms. The molecule has 0 unspecified atom stereocenters. The quantitative estimate of drug-likeness (QED) is 0.167. The molecule has 5 heteroatoms. The fourth-order valence-electron chi connectivity index (χ4n) is 4.17. The van der Waals surface area contributed by atoms with E-state index in [0.29, 0.717) is 10.7 Å². The Morgan fingerprint density at radius 3 is 1.89 bits per heavy atom. The predicted octanol–water partition coefficient (Wildman–Crippen LogP) is 7.87. The molecule has 5 aromatic rings. The van der Waals surface area contributed by atoms with Gasteiger partial charge in [0.1, 0.15) is 0 Å². The lowest BCUT2D eigenvalue weighted by molar-refractivity contribution is 0.102. The zero-order valence-electron chi connectivity index (χ0n) is 21.3. The molecule has 1 aromatic heterocycles. The molecule has 0 aliphatic rings. The molecule has 4 nitrogen and oxygen atoms in total. The van der Waals surface area contributed by atoms with Gasteiger partial charge in [0.15, 0.2) is 16.8 Å². The van der Waals surface area contributed by atoms with Crippen molar-refractivity contribution < 1.29 is 4.79 Å². The molecule has 0 N–H and O–H groups in total. The van der Waals surface area contributed by atoms with Gasteiger partial charge in [-0.05, 0) is 34.2 Å². The van der Waals surface area contributed by atoms with E-state index >= 15 is 0 Å². The molecule has 0 aliphatic heterocycles. The monoisotopic (exact) mass is 503 g/mol. The summed E-state index contributed by atoms with van der Waals surface area (Å²) in [5.74, 6) is 1.09. The van der Waals surface area contributed by atoms with Crippen LogP contribution in [0.25, 0.3) is 28.2 Å². The molecule has 0 saturated heterocycles. The molecule has 184 valence electrons. The van der Waals surface area contributed by atoms with Gasteiger partial charge in [0.05, 0.1) is 5.75 Å². The first-order valence-electron chi connectivity index (χ1n) is 12.3. The summed E-state index contributed by atoms with van der Waals surface area (Å²) in [4.78, 5) is 13.0. The van der Waals surface area contributed by atoms with Crippen LogP contribution in [0.3, 0.4) is 0 Å². The number of thioether (sulfide) groups is 1. The Morgan fingerprint density at radius 2 is 1.27 bits per heavy atom. The summed E-state index contributed by atoms with van der Waals surface area (Å²) < 4.78 is 2.03. The Bertz CT molecular complexity index is 1480. The standard InChI is InChI=1S/C32H29N3OS/c1-32(2,3)27-20-18-26(19-21-27)30-33-34-31(35(30)28-12-8-5-9-13-28)37-22-29(36)25-16-14-24(15-17-25)23-10-6-4-7-11-23/h4-21H,22H2,1-3H3. The van der Waals surface area contributed by atoms with Crippen LogP contribution >= 0.6 is 11.8 Å². The number of nitrogens with zero attached hydrogens (tertiary/aromatic N) is 3. The lowest BCUT2D eigenvalue weighted by Gasteiger charge is -2.19. The van der Waals surface area contributed by atoms with Crippen LogP contribution in [0.4, 0.5) is 0 Å². The minimum absolute atomic E-state index is 0.0586. The zero-order valence-corrected chi connectivity index (χ0v) is 22.1. The number of hydrogen-bond acceptors (Lipinski definition) is 4. The second kappa shape index (κ2) is 10.6. The van der Waals surface area contributed by atoms with E-state index in [2.05, 4.69) is 67.4 Å². The van der Waals surface area contributed by atoms with E-state index in [4.69, 9.17) is 0 Å². The number of carbonyl (C=O) groups is 1. The highest BCUT2D eigenvalue weighted by Gasteiger charge is 2.19. The number of benzene rings is 4. The molecule has 0 radical (unpaired) electrons. The van der Waals surface area contributed by atoms with Crippen LogP contribution in [-0.2, 0) is 5.41 Å². The molecule has 4 aromatic carbocycles. The van der Waals surface area contributed by atoms with Gasteiger partial charge in [-0.2, -0.15) is 0 Å². The Balaban J connectivity index is 1.39. The predicted molar refractivity (Wildman–Crippen MR) is 152 cm³/mol. The average Bonchev–Trinajstić information content (AvgIpc) is 3.36. The molecule has 0 bridgehead atoms. The number of para-hydroxylation sites is 1. The van der Waals surface area contributed by atoms with Crippen molar-refractivity contribution in [3.8, 4) is 28.2 Å². The Labute approximate surface area is 222 Å². The normalized spacial score (nSPS) is 11.4. The largest absolute Gasteiger partial charge is 0.293 e. The minimum Gasteiger partial charge on any atom is -0.293 e. The van der Waals surface area contributed by atoms with Crippen molar-refractivity contribution in [3.05, 3.63) is 120 Å². The van der Waals surface area contributed by atoms with E-state index < -0.39 is 0 Å². The van der Waals surface area contributed by atoms with E-state index in [9.17, 15) is 4.79 Å². The second-order valence-electron chi connectivity index (χ2n) is 9.96. The van der Waals surface area contributed by atoms with Crippen LogP contribution in [0.1, 0.15) is 36.7 Å². The first-order valence-corrected chi connectivity index (χ1v) is 13.3. The second-order valence-corrected chi connectivity index (χ2v) is 10.9. The third kappa shape index (κ3) is 5.57. The van der Waals surface area contributed by atoms with Crippen LogP contribution < -0.4 is 0 Å². The third-order valence-corrected chi connectivity index (χ3v) is 7.23. The fourth-order valence-corrected chi connectivity index (χ4v) is 5.02. The van der Waals surface area contributed by atoms with Crippen molar-refractivity contribution in [2.45, 2.75) is 31.3 Å². The SMILES string of the molecule is CC(C)(C)c1ccc(-c2nnc(SCC(=O)c3ccc(-c4ccccc4)cc3)n2-c2ccccc2)cc1. The Hall–Kier alpha value is -3.96. The molecule has 0 saturated carbocycles. The van der Waals surface area contributed by atoms with Gasteiger partial charge in [0.25, 0.3) is 0 Å². The van der Waals surface area contributed by atoms with Gasteiger partial charge in [-0.25, -0.2) is 0 Å². The summed E-state index contributed by atoms with van der Waals surface area (Å²) in [6, 6.07) is 36.5. The molecule has 0 amide bonds. The fraction of sp³-hybridized carbons (Fsp3) is 0.156. The molecular formula is C32H29N3OS. The highest BCUT2D eigenvalue weighted by molar-refractivity contribution is 7.99. The van der Waals surface area contributed by atoms with E-state index in [-0.39, 0.29) is 17.0 Å². The Morgan fingerprint density at radius 1 is 0.703 bits per heavy atom. The van der Waals surface area contributed by atoms with Gasteiger partial charge in [-0.1, -0.05) is 130 Å². The van der Waals surface area contributed by atoms with Gasteiger partial charge in [-0.15, -0.1) is 10.2 Å². The highest BCUT2D eigenvalue weighted by Crippen LogP contribution is 2.30. The van der Waals surface area contributed by atoms with Crippen molar-refractivity contribution in [3.63, 3.8) is 0 Å². The average molecular weight is 504 g/mol. The molecule has 1 heterocycles. The van der Waals surface area contributed by atoms with Crippen LogP contribution in [-0.4, -0.2) is 26.3 Å². The number of Topliss-reactive ketones (excluding diaryl/α,β-unsaturated/α-hetero) is 1. The molecule has 0 atom stereocenters. The van der Waals surface area contributed by atoms with Crippen LogP contribution in [0.2, 0.25) is 0 Å². The van der Waals surface area contributed by atoms with Gasteiger partial charge < -0.3 is 0 Å². The van der Waals surface area contributed by atoms with E-state index in [1.165, 1.54) is 17.3 Å². The summed E-state index contributed by atoms with van der Waals surface area (Å²) in [5, 5.41) is 9.70. The highest BCUT2D eigenvalue weighted by atomic mass is 32.2. The van der Waals surface area contributed by atoms with Crippen molar-refractivity contribution in [2.24, 2.45) is 0 Å². The van der Waals surface area contributed by atoms with E-state index in [1.807, 2.05) is 77.4 Å². The van der Waals surface area contributed by atoms with Crippen LogP contribution in [0, 0.1) is 0 Å². The van der Waals surface area contributed by atoms with E-state index in [0.717, 1.165) is 28.2 Å². The van der Waals surface area contributed by atoms with Gasteiger partial charge in [-0.3, -0.25) is 9.36 Å². The Kier molecular flexibility index (Phi) is 7.06. The summed E-state index contributed by atoms with van der Waals surface area (Å²) in [7, 11) is 0. The molecular weight excluding hydrogens is 474 g/mol. The lowest BCUT2D eigenvalue weighted by Crippen LogP contribution is -2.10. The number of rotatable bonds is 7. The third-order valence-electron chi connectivity index (χ3n) is 6.30.